The molecule has 0 bridgehead atoms. The van der Waals surface area contributed by atoms with E-state index in [4.69, 9.17) is 28.5 Å². The average molecular weight is 233 g/mol. The number of nitrogens with one attached hydrogen (secondary N) is 1. The zero-order valence-corrected chi connectivity index (χ0v) is 8.66. The molecule has 0 unspecified atom stereocenters. The van der Waals surface area contributed by atoms with Gasteiger partial charge in [0.15, 0.2) is 0 Å². The maximum atomic E-state index is 12.7. The average Bonchev–Trinajstić information content (AvgIpc) is 2.09. The molecule has 1 rings (SSSR count). The van der Waals surface area contributed by atoms with Crippen molar-refractivity contribution in [1.82, 2.24) is 0 Å². The highest BCUT2D eigenvalue weighted by molar-refractivity contribution is 6.39. The van der Waals surface area contributed by atoms with Gasteiger partial charge in [-0.2, -0.15) is 5.26 Å². The topological polar surface area (TPSA) is 35.8 Å². The molecule has 0 aromatic heterocycles. The van der Waals surface area contributed by atoms with Gasteiger partial charge in [-0.05, 0) is 12.1 Å². The third-order valence-electron chi connectivity index (χ3n) is 1.55. The number of benzene rings is 1. The van der Waals surface area contributed by atoms with Crippen LogP contribution < -0.4 is 5.32 Å². The molecule has 0 aliphatic rings. The summed E-state index contributed by atoms with van der Waals surface area (Å²) in [4.78, 5) is 0. The monoisotopic (exact) mass is 232 g/mol. The first-order valence-electron chi connectivity index (χ1n) is 3.90. The van der Waals surface area contributed by atoms with Crippen LogP contribution in [-0.2, 0) is 0 Å². The summed E-state index contributed by atoms with van der Waals surface area (Å²) < 4.78 is 12.7. The van der Waals surface area contributed by atoms with E-state index in [1.807, 2.05) is 6.07 Å². The second-order valence-electron chi connectivity index (χ2n) is 2.58. The molecule has 0 aliphatic heterocycles. The van der Waals surface area contributed by atoms with Crippen LogP contribution in [-0.4, -0.2) is 6.54 Å². The van der Waals surface area contributed by atoms with E-state index < -0.39 is 5.82 Å². The highest BCUT2D eigenvalue weighted by Gasteiger charge is 2.07. The summed E-state index contributed by atoms with van der Waals surface area (Å²) in [5.74, 6) is -0.481. The van der Waals surface area contributed by atoms with Crippen molar-refractivity contribution < 1.29 is 4.39 Å². The quantitative estimate of drug-likeness (QED) is 0.811. The highest BCUT2D eigenvalue weighted by atomic mass is 35.5. The molecule has 0 atom stereocenters. The minimum absolute atomic E-state index is 0.216. The molecule has 0 aliphatic carbocycles. The van der Waals surface area contributed by atoms with Gasteiger partial charge in [0.1, 0.15) is 5.82 Å². The van der Waals surface area contributed by atoms with Crippen molar-refractivity contribution in [3.8, 4) is 6.07 Å². The fourth-order valence-electron chi connectivity index (χ4n) is 0.954. The van der Waals surface area contributed by atoms with Crippen molar-refractivity contribution in [2.45, 2.75) is 6.42 Å². The Bertz CT molecular complexity index is 351. The number of hydrogen-bond acceptors (Lipinski definition) is 2. The Morgan fingerprint density at radius 2 is 1.93 bits per heavy atom. The Hall–Kier alpha value is -0.980. The van der Waals surface area contributed by atoms with Crippen LogP contribution in [0.1, 0.15) is 6.42 Å². The molecule has 1 aromatic rings. The molecule has 0 saturated carbocycles. The minimum Gasteiger partial charge on any atom is -0.382 e. The lowest BCUT2D eigenvalue weighted by Crippen LogP contribution is -2.01. The maximum absolute atomic E-state index is 12.7. The molecule has 1 aromatic carbocycles. The third-order valence-corrected chi connectivity index (χ3v) is 2.14. The second-order valence-corrected chi connectivity index (χ2v) is 3.39. The Kier molecular flexibility index (Phi) is 3.99. The van der Waals surface area contributed by atoms with Gasteiger partial charge in [-0.3, -0.25) is 0 Å². The number of hydrogen-bond donors (Lipinski definition) is 1. The smallest absolute Gasteiger partial charge is 0.126 e. The van der Waals surface area contributed by atoms with Crippen LogP contribution in [0, 0.1) is 17.1 Å². The molecular formula is C9H7Cl2FN2. The molecule has 0 fully saturated rings. The lowest BCUT2D eigenvalue weighted by molar-refractivity contribution is 0.628. The van der Waals surface area contributed by atoms with Crippen LogP contribution in [0.5, 0.6) is 0 Å². The molecule has 0 amide bonds. The number of rotatable bonds is 3. The largest absolute Gasteiger partial charge is 0.382 e. The molecule has 0 spiro atoms. The molecule has 0 saturated heterocycles. The fraction of sp³-hybridized carbons (Fsp3) is 0.222. The Morgan fingerprint density at radius 3 is 2.43 bits per heavy atom. The zero-order valence-electron chi connectivity index (χ0n) is 7.15. The fourth-order valence-corrected chi connectivity index (χ4v) is 1.55. The molecule has 0 heterocycles. The summed E-state index contributed by atoms with van der Waals surface area (Å²) in [6, 6.07) is 4.30. The normalized spacial score (nSPS) is 9.57. The third kappa shape index (κ3) is 2.76. The Morgan fingerprint density at radius 1 is 1.36 bits per heavy atom. The van der Waals surface area contributed by atoms with E-state index in [9.17, 15) is 4.39 Å². The predicted octanol–water partition coefficient (Wildman–Crippen LogP) is 3.46. The minimum atomic E-state index is -0.481. The van der Waals surface area contributed by atoms with E-state index >= 15 is 0 Å². The first kappa shape index (κ1) is 11.1. The first-order chi connectivity index (χ1) is 6.65. The van der Waals surface area contributed by atoms with Crippen LogP contribution >= 0.6 is 23.2 Å². The van der Waals surface area contributed by atoms with Crippen molar-refractivity contribution >= 4 is 28.9 Å². The lowest BCUT2D eigenvalue weighted by atomic mass is 10.3. The Balaban J connectivity index is 2.81. The van der Waals surface area contributed by atoms with Gasteiger partial charge in [-0.1, -0.05) is 23.2 Å². The van der Waals surface area contributed by atoms with E-state index in [0.29, 0.717) is 18.7 Å². The van der Waals surface area contributed by atoms with Crippen molar-refractivity contribution in [2.75, 3.05) is 11.9 Å². The van der Waals surface area contributed by atoms with E-state index in [0.717, 1.165) is 0 Å². The summed E-state index contributed by atoms with van der Waals surface area (Å²) in [5.41, 5.74) is 0.463. The Labute approximate surface area is 91.2 Å². The standard InChI is InChI=1S/C9H7Cl2FN2/c10-7-4-6(12)5-8(11)9(7)14-3-1-2-13/h4-5,14H,1,3H2. The van der Waals surface area contributed by atoms with Gasteiger partial charge in [0.05, 0.1) is 28.2 Å². The van der Waals surface area contributed by atoms with Crippen LogP contribution in [0.2, 0.25) is 10.0 Å². The van der Waals surface area contributed by atoms with Crippen molar-refractivity contribution in [1.29, 1.82) is 5.26 Å². The summed E-state index contributed by atoms with van der Waals surface area (Å²) in [6.45, 7) is 0.432. The highest BCUT2D eigenvalue weighted by Crippen LogP contribution is 2.31. The summed E-state index contributed by atoms with van der Waals surface area (Å²) in [6.07, 6.45) is 0.337. The van der Waals surface area contributed by atoms with E-state index in [1.165, 1.54) is 12.1 Å². The SMILES string of the molecule is N#CCCNc1c(Cl)cc(F)cc1Cl. The maximum Gasteiger partial charge on any atom is 0.126 e. The van der Waals surface area contributed by atoms with Crippen LogP contribution in [0.3, 0.4) is 0 Å². The van der Waals surface area contributed by atoms with Crippen LogP contribution in [0.15, 0.2) is 12.1 Å². The summed E-state index contributed by atoms with van der Waals surface area (Å²) in [7, 11) is 0. The molecule has 5 heteroatoms. The van der Waals surface area contributed by atoms with Gasteiger partial charge >= 0.3 is 0 Å². The first-order valence-corrected chi connectivity index (χ1v) is 4.66. The van der Waals surface area contributed by atoms with E-state index in [2.05, 4.69) is 5.32 Å². The van der Waals surface area contributed by atoms with Crippen molar-refractivity contribution in [2.24, 2.45) is 0 Å². The summed E-state index contributed by atoms with van der Waals surface area (Å²) in [5, 5.41) is 11.6. The molecule has 74 valence electrons. The number of nitriles is 1. The molecule has 14 heavy (non-hydrogen) atoms. The van der Waals surface area contributed by atoms with Crippen LogP contribution in [0.4, 0.5) is 10.1 Å². The second kappa shape index (κ2) is 5.04. The van der Waals surface area contributed by atoms with Gasteiger partial charge in [0.2, 0.25) is 0 Å². The van der Waals surface area contributed by atoms with E-state index in [1.54, 1.807) is 0 Å². The number of halogens is 3. The van der Waals surface area contributed by atoms with Gasteiger partial charge in [-0.25, -0.2) is 4.39 Å². The van der Waals surface area contributed by atoms with Gasteiger partial charge in [-0.15, -0.1) is 0 Å². The van der Waals surface area contributed by atoms with Crippen molar-refractivity contribution in [3.05, 3.63) is 28.0 Å². The summed E-state index contributed by atoms with van der Waals surface area (Å²) >= 11 is 11.5. The molecule has 0 radical (unpaired) electrons. The predicted molar refractivity (Wildman–Crippen MR) is 55.1 cm³/mol. The lowest BCUT2D eigenvalue weighted by Gasteiger charge is -2.08. The number of anilines is 1. The molecule has 2 nitrogen and oxygen atoms in total. The van der Waals surface area contributed by atoms with Gasteiger partial charge in [0, 0.05) is 6.54 Å². The van der Waals surface area contributed by atoms with Crippen molar-refractivity contribution in [3.63, 3.8) is 0 Å². The van der Waals surface area contributed by atoms with E-state index in [-0.39, 0.29) is 10.0 Å². The van der Waals surface area contributed by atoms with Crippen LogP contribution in [0.25, 0.3) is 0 Å². The molecular weight excluding hydrogens is 226 g/mol. The van der Waals surface area contributed by atoms with Gasteiger partial charge in [0.25, 0.3) is 0 Å². The molecule has 1 N–H and O–H groups in total. The zero-order chi connectivity index (χ0) is 10.6. The van der Waals surface area contributed by atoms with Gasteiger partial charge < -0.3 is 5.32 Å². The number of nitrogens with zero attached hydrogens (tertiary/aromatic N) is 1.